The minimum absolute atomic E-state index is 0. The van der Waals surface area contributed by atoms with E-state index in [9.17, 15) is 0 Å². The summed E-state index contributed by atoms with van der Waals surface area (Å²) in [4.78, 5) is 8.89. The number of carboxylic acid groups (broad SMARTS) is 1. The van der Waals surface area contributed by atoms with Gasteiger partial charge in [-0.3, -0.25) is 0 Å². The number of carboxylic acids is 1. The number of rotatable bonds is 0. The van der Waals surface area contributed by atoms with Gasteiger partial charge in [-0.15, -0.1) is 0 Å². The molecule has 0 saturated carbocycles. The Morgan fingerprint density at radius 1 is 0.667 bits per heavy atom. The molecule has 0 aromatic rings. The first-order valence-corrected chi connectivity index (χ1v) is 0.908. The van der Waals surface area contributed by atoms with Crippen LogP contribution in [0.5, 0.6) is 0 Å². The van der Waals surface area contributed by atoms with Crippen LogP contribution in [0.3, 0.4) is 0 Å². The monoisotopic (exact) mass is 262 g/mol. The van der Waals surface area contributed by atoms with Crippen LogP contribution in [0.4, 0.5) is 0 Å². The van der Waals surface area contributed by atoms with Crippen molar-refractivity contribution in [3.8, 4) is 0 Å². The van der Waals surface area contributed by atoms with Crippen LogP contribution >= 0.6 is 0 Å². The molecule has 0 rings (SSSR count). The quantitative estimate of drug-likeness (QED) is 0.383. The second-order valence-corrected chi connectivity index (χ2v) is 0.492. The van der Waals surface area contributed by atoms with E-state index >= 15 is 0 Å². The fourth-order valence-corrected chi connectivity index (χ4v) is 0. The molecule has 0 aliphatic heterocycles. The number of aliphatic carboxylic acids is 1. The van der Waals surface area contributed by atoms with Crippen molar-refractivity contribution in [2.24, 2.45) is 0 Å². The third-order valence-electron chi connectivity index (χ3n) is 0. The Balaban J connectivity index is -0.000000000818. The average molecular weight is 262 g/mol. The number of carbonyl (C=O) groups is 1. The van der Waals surface area contributed by atoms with Gasteiger partial charge in [0.15, 0.2) is 0 Å². The van der Waals surface area contributed by atoms with Crippen molar-refractivity contribution in [1.29, 1.82) is 0 Å². The molecule has 0 unspecified atom stereocenters. The van der Waals surface area contributed by atoms with Crippen molar-refractivity contribution in [1.82, 2.24) is 0 Å². The Kier molecular flexibility index (Phi) is 5380. The van der Waals surface area contributed by atoms with Gasteiger partial charge in [-0.1, -0.05) is 0 Å². The van der Waals surface area contributed by atoms with E-state index in [-0.39, 0.29) is 84.3 Å². The van der Waals surface area contributed by atoms with Gasteiger partial charge in [-0.25, -0.2) is 0 Å². The van der Waals surface area contributed by atoms with E-state index in [1.165, 1.54) is 0 Å². The molecule has 0 aromatic carbocycles. The van der Waals surface area contributed by atoms with Crippen LogP contribution in [0.1, 0.15) is 6.92 Å². The van der Waals surface area contributed by atoms with E-state index < -0.39 is 5.97 Å². The summed E-state index contributed by atoms with van der Waals surface area (Å²) >= 11 is 0. The molecule has 0 amide bonds. The fraction of sp³-hybridized carbons (Fsp3) is 0.500. The second-order valence-electron chi connectivity index (χ2n) is 0.492. The predicted molar refractivity (Wildman–Crippen MR) is 46.8 cm³/mol. The van der Waals surface area contributed by atoms with Crippen molar-refractivity contribution in [2.75, 3.05) is 0 Å². The summed E-state index contributed by atoms with van der Waals surface area (Å²) in [6.07, 6.45) is 0. The van der Waals surface area contributed by atoms with Crippen LogP contribution in [-0.4, -0.2) is 60.7 Å². The average Bonchev–Trinajstić information content (AvgIpc) is 0.811. The first-order valence-electron chi connectivity index (χ1n) is 0.908. The molecule has 13 heteroatoms. The van der Waals surface area contributed by atoms with E-state index in [0.717, 1.165) is 6.92 Å². The minimum Gasteiger partial charge on any atom is -0.550 e. The Morgan fingerprint density at radius 2 is 0.667 bits per heavy atom. The van der Waals surface area contributed by atoms with Gasteiger partial charge < -0.3 is 64.7 Å². The largest absolute Gasteiger partial charge is 1.00 e. The third kappa shape index (κ3) is 418000. The zero-order valence-corrected chi connectivity index (χ0v) is 10.3. The zero-order chi connectivity index (χ0) is 3.58. The summed E-state index contributed by atoms with van der Waals surface area (Å²) in [5.74, 6) is -1.08. The van der Waals surface area contributed by atoms with E-state index in [1.54, 1.807) is 0 Å². The van der Waals surface area contributed by atoms with Crippen LogP contribution in [0, 0.1) is 0 Å². The maximum absolute atomic E-state index is 8.89. The Labute approximate surface area is 107 Å². The summed E-state index contributed by atoms with van der Waals surface area (Å²) in [7, 11) is 0. The van der Waals surface area contributed by atoms with Crippen LogP contribution in [0.2, 0.25) is 0 Å². The molecular formula is C2H23NaO12. The predicted octanol–water partition coefficient (Wildman–Crippen LogP) is -12.5. The maximum Gasteiger partial charge on any atom is 1.00 e. The number of carbonyl (C=O) groups excluding carboxylic acids is 1. The molecule has 0 aromatic heterocycles. The molecule has 0 aliphatic rings. The van der Waals surface area contributed by atoms with Gasteiger partial charge in [0.2, 0.25) is 0 Å². The van der Waals surface area contributed by atoms with Gasteiger partial charge in [-0.05, 0) is 6.92 Å². The summed E-state index contributed by atoms with van der Waals surface area (Å²) < 4.78 is 0. The van der Waals surface area contributed by atoms with Crippen molar-refractivity contribution < 1.29 is 94.2 Å². The normalized spacial score (nSPS) is 1.67. The van der Waals surface area contributed by atoms with Gasteiger partial charge in [0.1, 0.15) is 0 Å². The summed E-state index contributed by atoms with van der Waals surface area (Å²) in [6.45, 7) is 0.972. The van der Waals surface area contributed by atoms with Crippen molar-refractivity contribution in [3.05, 3.63) is 0 Å². The number of hydrogen-bond donors (Lipinski definition) is 0. The summed E-state index contributed by atoms with van der Waals surface area (Å²) in [6, 6.07) is 0. The molecule has 0 fully saturated rings. The van der Waals surface area contributed by atoms with Crippen molar-refractivity contribution in [3.63, 3.8) is 0 Å². The van der Waals surface area contributed by atoms with E-state index in [0.29, 0.717) is 0 Å². The molecule has 0 heterocycles. The van der Waals surface area contributed by atoms with Crippen molar-refractivity contribution in [2.45, 2.75) is 6.92 Å². The van der Waals surface area contributed by atoms with E-state index in [1.807, 2.05) is 0 Å². The molecule has 15 heavy (non-hydrogen) atoms. The van der Waals surface area contributed by atoms with Gasteiger partial charge in [0.25, 0.3) is 0 Å². The third-order valence-corrected chi connectivity index (χ3v) is 0. The van der Waals surface area contributed by atoms with E-state index in [4.69, 9.17) is 9.90 Å². The first-order chi connectivity index (χ1) is 1.73. The van der Waals surface area contributed by atoms with Crippen LogP contribution < -0.4 is 34.7 Å². The molecule has 20 N–H and O–H groups in total. The maximum atomic E-state index is 8.89. The van der Waals surface area contributed by atoms with Crippen LogP contribution in [0.15, 0.2) is 0 Å². The molecule has 0 spiro atoms. The van der Waals surface area contributed by atoms with Crippen molar-refractivity contribution >= 4 is 5.97 Å². The van der Waals surface area contributed by atoms with Gasteiger partial charge in [-0.2, -0.15) is 0 Å². The molecule has 0 aliphatic carbocycles. The molecular weight excluding hydrogens is 239 g/mol. The number of hydrogen-bond acceptors (Lipinski definition) is 2. The Hall–Kier alpha value is 0.0700. The zero-order valence-electron chi connectivity index (χ0n) is 8.32. The SMILES string of the molecule is CC(=O)[O-].O.O.O.O.O.O.O.O.O.O.[Na+]. The Morgan fingerprint density at radius 3 is 0.667 bits per heavy atom. The topological polar surface area (TPSA) is 355 Å². The van der Waals surface area contributed by atoms with Gasteiger partial charge in [0, 0.05) is 5.97 Å². The van der Waals surface area contributed by atoms with Crippen LogP contribution in [-0.2, 0) is 4.79 Å². The molecule has 104 valence electrons. The summed E-state index contributed by atoms with van der Waals surface area (Å²) in [5.41, 5.74) is 0. The van der Waals surface area contributed by atoms with Crippen LogP contribution in [0.25, 0.3) is 0 Å². The standard InChI is InChI=1S/C2H4O2.Na.10H2O/c1-2(3)4;;;;;;;;;;;/h1H3,(H,3,4);;10*1H2/q;+1;;;;;;;;;;/p-1. The molecule has 0 bridgehead atoms. The molecule has 0 atom stereocenters. The summed E-state index contributed by atoms with van der Waals surface area (Å²) in [5, 5.41) is 8.89. The van der Waals surface area contributed by atoms with E-state index in [2.05, 4.69) is 0 Å². The molecule has 0 saturated heterocycles. The second kappa shape index (κ2) is 255. The molecule has 12 nitrogen and oxygen atoms in total. The van der Waals surface area contributed by atoms with Gasteiger partial charge in [0.05, 0.1) is 0 Å². The minimum atomic E-state index is -1.08. The van der Waals surface area contributed by atoms with Gasteiger partial charge >= 0.3 is 29.6 Å². The first kappa shape index (κ1) is 317. The molecule has 0 radical (unpaired) electrons. The Bertz CT molecular complexity index is 36.6. The smallest absolute Gasteiger partial charge is 0.550 e. The fourth-order valence-electron chi connectivity index (χ4n) is 0.